The molecule has 0 heterocycles. The van der Waals surface area contributed by atoms with Crippen molar-refractivity contribution < 1.29 is 4.74 Å². The zero-order valence-electron chi connectivity index (χ0n) is 9.07. The summed E-state index contributed by atoms with van der Waals surface area (Å²) in [5, 5.41) is 3.54. The van der Waals surface area contributed by atoms with Gasteiger partial charge in [-0.1, -0.05) is 23.2 Å². The van der Waals surface area contributed by atoms with E-state index in [-0.39, 0.29) is 6.61 Å². The first-order valence-corrected chi connectivity index (χ1v) is 7.18. The number of hydrogen-bond acceptors (Lipinski definition) is 2. The molecule has 0 radical (unpaired) electrons. The predicted octanol–water partition coefficient (Wildman–Crippen LogP) is 4.63. The second-order valence-corrected chi connectivity index (χ2v) is 5.68. The van der Waals surface area contributed by atoms with Gasteiger partial charge in [-0.2, -0.15) is 0 Å². The molecule has 0 atom stereocenters. The highest BCUT2D eigenvalue weighted by molar-refractivity contribution is 9.11. The van der Waals surface area contributed by atoms with Gasteiger partial charge in [-0.05, 0) is 56.6 Å². The highest BCUT2D eigenvalue weighted by Gasteiger charge is 2.09. The summed E-state index contributed by atoms with van der Waals surface area (Å²) in [7, 11) is 1.90. The van der Waals surface area contributed by atoms with Crippen LogP contribution < -0.4 is 10.1 Å². The summed E-state index contributed by atoms with van der Waals surface area (Å²) in [5.41, 5.74) is 2.44. The van der Waals surface area contributed by atoms with Crippen LogP contribution in [-0.4, -0.2) is 13.7 Å². The number of halogens is 4. The molecule has 0 bridgehead atoms. The molecular weight excluding hydrogens is 393 g/mol. The minimum Gasteiger partial charge on any atom is -0.486 e. The van der Waals surface area contributed by atoms with Crippen LogP contribution in [0.25, 0.3) is 0 Å². The average molecular weight is 404 g/mol. The molecule has 0 spiro atoms. The first kappa shape index (κ1) is 15.3. The maximum Gasteiger partial charge on any atom is 0.148 e. The van der Waals surface area contributed by atoms with Crippen LogP contribution in [0.1, 0.15) is 5.56 Å². The van der Waals surface area contributed by atoms with Gasteiger partial charge in [0.2, 0.25) is 0 Å². The number of benzene rings is 1. The molecule has 1 rings (SSSR count). The largest absolute Gasteiger partial charge is 0.486 e. The van der Waals surface area contributed by atoms with Crippen molar-refractivity contribution in [2.24, 2.45) is 0 Å². The van der Waals surface area contributed by atoms with E-state index in [1.165, 1.54) is 5.54 Å². The summed E-state index contributed by atoms with van der Waals surface area (Å²) in [6.07, 6.45) is 0. The van der Waals surface area contributed by atoms with E-state index in [9.17, 15) is 0 Å². The Morgan fingerprint density at radius 3 is 2.47 bits per heavy atom. The zero-order chi connectivity index (χ0) is 12.8. The number of hydrogen-bond donors (Lipinski definition) is 1. The molecule has 0 aliphatic heterocycles. The lowest BCUT2D eigenvalue weighted by Crippen LogP contribution is -2.06. The summed E-state index contributed by atoms with van der Waals surface area (Å²) < 4.78 is 7.30. The number of rotatable bonds is 5. The van der Waals surface area contributed by atoms with E-state index in [4.69, 9.17) is 27.9 Å². The van der Waals surface area contributed by atoms with Crippen LogP contribution in [-0.2, 0) is 6.54 Å². The molecule has 1 N–H and O–H groups in total. The third-order valence-electron chi connectivity index (χ3n) is 1.91. The van der Waals surface area contributed by atoms with Crippen LogP contribution in [0.4, 0.5) is 0 Å². The summed E-state index contributed by atoms with van der Waals surface area (Å²) >= 11 is 18.1. The molecule has 0 aromatic heterocycles. The maximum atomic E-state index is 5.76. The highest BCUT2D eigenvalue weighted by atomic mass is 79.9. The minimum atomic E-state index is 0.244. The van der Waals surface area contributed by atoms with Crippen LogP contribution in [0.5, 0.6) is 5.75 Å². The Balaban J connectivity index is 2.86. The normalized spacial score (nSPS) is 11.7. The lowest BCUT2D eigenvalue weighted by Gasteiger charge is -2.11. The molecule has 1 aromatic carbocycles. The van der Waals surface area contributed by atoms with Crippen molar-refractivity contribution >= 4 is 55.1 Å². The monoisotopic (exact) mass is 401 g/mol. The number of ether oxygens (including phenoxy) is 1. The molecule has 1 aromatic rings. The fourth-order valence-corrected chi connectivity index (χ4v) is 2.86. The Morgan fingerprint density at radius 1 is 1.41 bits per heavy atom. The molecule has 0 amide bonds. The maximum absolute atomic E-state index is 5.76. The van der Waals surface area contributed by atoms with Gasteiger partial charge < -0.3 is 10.1 Å². The van der Waals surface area contributed by atoms with Gasteiger partial charge in [-0.15, -0.1) is 0 Å². The molecule has 94 valence electrons. The molecule has 2 nitrogen and oxygen atoms in total. The van der Waals surface area contributed by atoms with E-state index in [1.807, 2.05) is 19.2 Å². The van der Waals surface area contributed by atoms with Gasteiger partial charge in [0.25, 0.3) is 0 Å². The molecular formula is C11H11Br2Cl2NO. The summed E-state index contributed by atoms with van der Waals surface area (Å²) in [6.45, 7) is 1.04. The van der Waals surface area contributed by atoms with E-state index in [0.717, 1.165) is 21.1 Å². The summed E-state index contributed by atoms with van der Waals surface area (Å²) in [5.74, 6) is 0.710. The van der Waals surface area contributed by atoms with Crippen LogP contribution in [0.3, 0.4) is 0 Å². The summed E-state index contributed by atoms with van der Waals surface area (Å²) in [4.78, 5) is 0. The SMILES string of the molecule is CNCc1cc(Br)c(OC/C(Cl)=C/Cl)c(Br)c1. The van der Waals surface area contributed by atoms with E-state index in [1.54, 1.807) is 0 Å². The Labute approximate surface area is 128 Å². The molecule has 6 heteroatoms. The topological polar surface area (TPSA) is 21.3 Å². The average Bonchev–Trinajstić information content (AvgIpc) is 2.28. The van der Waals surface area contributed by atoms with Gasteiger partial charge in [-0.3, -0.25) is 0 Å². The van der Waals surface area contributed by atoms with E-state index in [0.29, 0.717) is 10.8 Å². The Morgan fingerprint density at radius 2 is 2.00 bits per heavy atom. The minimum absolute atomic E-state index is 0.244. The lowest BCUT2D eigenvalue weighted by atomic mass is 10.2. The van der Waals surface area contributed by atoms with Crippen molar-refractivity contribution in [3.05, 3.63) is 37.2 Å². The molecule has 0 aliphatic carbocycles. The van der Waals surface area contributed by atoms with Crippen molar-refractivity contribution in [2.75, 3.05) is 13.7 Å². The Hall–Kier alpha value is 0.260. The van der Waals surface area contributed by atoms with Gasteiger partial charge >= 0.3 is 0 Å². The second-order valence-electron chi connectivity index (χ2n) is 3.26. The zero-order valence-corrected chi connectivity index (χ0v) is 13.8. The second kappa shape index (κ2) is 7.64. The molecule has 17 heavy (non-hydrogen) atoms. The first-order chi connectivity index (χ1) is 8.08. The van der Waals surface area contributed by atoms with Crippen molar-refractivity contribution in [3.63, 3.8) is 0 Å². The lowest BCUT2D eigenvalue weighted by molar-refractivity contribution is 0.354. The van der Waals surface area contributed by atoms with Gasteiger partial charge in [0.05, 0.1) is 14.0 Å². The quantitative estimate of drug-likeness (QED) is 0.774. The highest BCUT2D eigenvalue weighted by Crippen LogP contribution is 2.35. The third-order valence-corrected chi connectivity index (χ3v) is 3.68. The van der Waals surface area contributed by atoms with Crippen molar-refractivity contribution in [2.45, 2.75) is 6.54 Å². The van der Waals surface area contributed by atoms with E-state index >= 15 is 0 Å². The Kier molecular flexibility index (Phi) is 6.89. The van der Waals surface area contributed by atoms with Gasteiger partial charge in [0.1, 0.15) is 12.4 Å². The van der Waals surface area contributed by atoms with Crippen LogP contribution in [0.2, 0.25) is 0 Å². The molecule has 0 saturated heterocycles. The fourth-order valence-electron chi connectivity index (χ4n) is 1.23. The molecule has 0 aliphatic rings. The fraction of sp³-hybridized carbons (Fsp3) is 0.273. The van der Waals surface area contributed by atoms with Crippen LogP contribution in [0, 0.1) is 0 Å². The van der Waals surface area contributed by atoms with Crippen molar-refractivity contribution in [3.8, 4) is 5.75 Å². The van der Waals surface area contributed by atoms with E-state index < -0.39 is 0 Å². The number of nitrogens with one attached hydrogen (secondary N) is 1. The molecule has 0 fully saturated rings. The summed E-state index contributed by atoms with van der Waals surface area (Å²) in [6, 6.07) is 3.99. The Bertz CT molecular complexity index is 401. The molecule has 0 unspecified atom stereocenters. The standard InChI is InChI=1S/C11H11Br2Cl2NO/c1-16-5-7-2-9(12)11(10(13)3-7)17-6-8(15)4-14/h2-4,16H,5-6H2,1H3/b8-4-. The smallest absolute Gasteiger partial charge is 0.148 e. The molecule has 0 saturated carbocycles. The first-order valence-electron chi connectivity index (χ1n) is 4.78. The van der Waals surface area contributed by atoms with Crippen LogP contribution >= 0.6 is 55.1 Å². The van der Waals surface area contributed by atoms with Crippen molar-refractivity contribution in [1.82, 2.24) is 5.32 Å². The van der Waals surface area contributed by atoms with Gasteiger partial charge in [0.15, 0.2) is 0 Å². The van der Waals surface area contributed by atoms with Gasteiger partial charge in [-0.25, -0.2) is 0 Å². The van der Waals surface area contributed by atoms with Crippen molar-refractivity contribution in [1.29, 1.82) is 0 Å². The third kappa shape index (κ3) is 4.79. The van der Waals surface area contributed by atoms with Gasteiger partial charge in [0, 0.05) is 12.1 Å². The van der Waals surface area contributed by atoms with E-state index in [2.05, 4.69) is 37.2 Å². The predicted molar refractivity (Wildman–Crippen MR) is 79.9 cm³/mol. The van der Waals surface area contributed by atoms with Crippen LogP contribution in [0.15, 0.2) is 31.6 Å².